The third-order valence-electron chi connectivity index (χ3n) is 11.2. The number of hydrogen-bond donors (Lipinski definition) is 0. The third-order valence-corrected chi connectivity index (χ3v) is 12.3. The summed E-state index contributed by atoms with van der Waals surface area (Å²) in [5.41, 5.74) is 8.33. The number of methoxy groups -OCH3 is 4. The summed E-state index contributed by atoms with van der Waals surface area (Å²) >= 11 is 1.80. The summed E-state index contributed by atoms with van der Waals surface area (Å²) in [4.78, 5) is 6.06. The Hall–Kier alpha value is -4.83. The Morgan fingerprint density at radius 3 is 2.09 bits per heavy atom. The molecule has 5 aromatic carbocycles. The first-order valence-electron chi connectivity index (χ1n) is 18.6. The van der Waals surface area contributed by atoms with Crippen LogP contribution in [0.1, 0.15) is 51.0 Å². The molecule has 0 N–H and O–H groups in total. The molecule has 8 nitrogen and oxygen atoms in total. The number of hydrogen-bond acceptors (Lipinski definition) is 9. The molecule has 0 aromatic heterocycles. The quantitative estimate of drug-likeness (QED) is 0.152. The minimum atomic E-state index is -0.0500. The Balaban J connectivity index is 1.36. The Bertz CT molecular complexity index is 2140. The largest absolute Gasteiger partial charge is 0.493 e. The van der Waals surface area contributed by atoms with Gasteiger partial charge in [0.15, 0.2) is 34.5 Å². The monoisotopic (exact) mass is 744 g/mol. The number of ether oxygens (including phenoxy) is 6. The van der Waals surface area contributed by atoms with Gasteiger partial charge in [0.2, 0.25) is 5.75 Å². The highest BCUT2D eigenvalue weighted by Gasteiger charge is 2.37. The molecule has 0 aliphatic carbocycles. The molecule has 2 unspecified atom stereocenters. The number of nitrogens with zero attached hydrogens (tertiary/aromatic N) is 2. The number of thioether (sulfide) groups is 1. The van der Waals surface area contributed by atoms with E-state index in [-0.39, 0.29) is 12.1 Å². The first-order valence-corrected chi connectivity index (χ1v) is 19.6. The van der Waals surface area contributed by atoms with Gasteiger partial charge in [-0.15, -0.1) is 11.8 Å². The van der Waals surface area contributed by atoms with E-state index in [1.54, 1.807) is 40.2 Å². The van der Waals surface area contributed by atoms with Crippen molar-refractivity contribution in [3.05, 3.63) is 124 Å². The Labute approximate surface area is 322 Å². The summed E-state index contributed by atoms with van der Waals surface area (Å²) in [5, 5.41) is 0. The van der Waals surface area contributed by atoms with Gasteiger partial charge in [0, 0.05) is 46.9 Å². The predicted molar refractivity (Wildman–Crippen MR) is 214 cm³/mol. The van der Waals surface area contributed by atoms with Crippen molar-refractivity contribution < 1.29 is 28.4 Å². The van der Waals surface area contributed by atoms with Crippen LogP contribution in [0.2, 0.25) is 0 Å². The SMILES string of the molecule is COc1ccc2cc1Oc1ccc(cc1)CC1c3cc(c(OC)cc3CCN1C)Oc1c(OC)c(OC)c(CSc3ccccc3)c3c1C(C2)N(C)CC3. The summed E-state index contributed by atoms with van der Waals surface area (Å²) in [6.45, 7) is 1.82. The molecule has 280 valence electrons. The van der Waals surface area contributed by atoms with Crippen LogP contribution in [0.5, 0.6) is 46.0 Å². The van der Waals surface area contributed by atoms with Crippen LogP contribution in [-0.2, 0) is 31.4 Å². The van der Waals surface area contributed by atoms with E-state index in [0.29, 0.717) is 46.7 Å². The lowest BCUT2D eigenvalue weighted by Crippen LogP contribution is -2.34. The van der Waals surface area contributed by atoms with Gasteiger partial charge in [-0.25, -0.2) is 0 Å². The molecule has 0 fully saturated rings. The molecular formula is C45H48N2O6S. The van der Waals surface area contributed by atoms with Crippen LogP contribution in [0.25, 0.3) is 0 Å². The van der Waals surface area contributed by atoms with E-state index in [0.717, 1.165) is 60.5 Å². The van der Waals surface area contributed by atoms with Gasteiger partial charge in [0.25, 0.3) is 0 Å². The number of likely N-dealkylation sites (N-methyl/N-ethyl adjacent to an activating group) is 2. The zero-order valence-electron chi connectivity index (χ0n) is 31.9. The van der Waals surface area contributed by atoms with E-state index in [2.05, 4.69) is 103 Å². The van der Waals surface area contributed by atoms with Crippen molar-refractivity contribution >= 4 is 11.8 Å². The second-order valence-corrected chi connectivity index (χ2v) is 15.4. The second-order valence-electron chi connectivity index (χ2n) is 14.3. The van der Waals surface area contributed by atoms with Crippen molar-refractivity contribution in [2.75, 3.05) is 55.6 Å². The predicted octanol–water partition coefficient (Wildman–Crippen LogP) is 9.45. The van der Waals surface area contributed by atoms with Crippen LogP contribution in [0.15, 0.2) is 89.8 Å². The molecule has 4 heterocycles. The maximum atomic E-state index is 7.24. The zero-order chi connectivity index (χ0) is 37.3. The van der Waals surface area contributed by atoms with Gasteiger partial charge >= 0.3 is 0 Å². The molecule has 6 bridgehead atoms. The molecule has 4 aliphatic heterocycles. The van der Waals surface area contributed by atoms with Crippen LogP contribution in [-0.4, -0.2) is 65.4 Å². The summed E-state index contributed by atoms with van der Waals surface area (Å²) in [6, 6.07) is 29.7. The fraction of sp³-hybridized carbons (Fsp3) is 0.333. The number of rotatable bonds is 7. The first-order chi connectivity index (χ1) is 26.4. The van der Waals surface area contributed by atoms with Crippen LogP contribution >= 0.6 is 11.8 Å². The van der Waals surface area contributed by atoms with Crippen LogP contribution in [0.4, 0.5) is 0 Å². The summed E-state index contributed by atoms with van der Waals surface area (Å²) < 4.78 is 38.3. The average Bonchev–Trinajstić information content (AvgIpc) is 3.19. The van der Waals surface area contributed by atoms with Crippen molar-refractivity contribution in [3.63, 3.8) is 0 Å². The van der Waals surface area contributed by atoms with Crippen LogP contribution in [0.3, 0.4) is 0 Å². The molecule has 0 amide bonds. The minimum Gasteiger partial charge on any atom is -0.493 e. The van der Waals surface area contributed by atoms with Gasteiger partial charge in [-0.2, -0.15) is 0 Å². The van der Waals surface area contributed by atoms with E-state index in [1.165, 1.54) is 27.1 Å². The van der Waals surface area contributed by atoms with E-state index in [4.69, 9.17) is 28.4 Å². The highest BCUT2D eigenvalue weighted by atomic mass is 32.2. The Kier molecular flexibility index (Phi) is 10.4. The molecular weight excluding hydrogens is 697 g/mol. The maximum absolute atomic E-state index is 7.24. The van der Waals surface area contributed by atoms with Crippen LogP contribution < -0.4 is 28.4 Å². The fourth-order valence-corrected chi connectivity index (χ4v) is 9.30. The highest BCUT2D eigenvalue weighted by Crippen LogP contribution is 2.54. The van der Waals surface area contributed by atoms with Crippen molar-refractivity contribution in [1.82, 2.24) is 9.80 Å². The van der Waals surface area contributed by atoms with Gasteiger partial charge in [0.1, 0.15) is 5.75 Å². The summed E-state index contributed by atoms with van der Waals surface area (Å²) in [7, 11) is 11.2. The third kappa shape index (κ3) is 6.85. The zero-order valence-corrected chi connectivity index (χ0v) is 32.8. The summed E-state index contributed by atoms with van der Waals surface area (Å²) in [6.07, 6.45) is 3.30. The smallest absolute Gasteiger partial charge is 0.204 e. The first kappa shape index (κ1) is 36.2. The van der Waals surface area contributed by atoms with Gasteiger partial charge in [-0.3, -0.25) is 9.80 Å². The van der Waals surface area contributed by atoms with Gasteiger partial charge in [0.05, 0.1) is 28.4 Å². The lowest BCUT2D eigenvalue weighted by atomic mass is 9.84. The van der Waals surface area contributed by atoms with E-state index in [1.807, 2.05) is 6.07 Å². The molecule has 2 atom stereocenters. The molecule has 0 saturated carbocycles. The van der Waals surface area contributed by atoms with E-state index < -0.39 is 0 Å². The molecule has 0 saturated heterocycles. The minimum absolute atomic E-state index is 0.0500. The second kappa shape index (κ2) is 15.5. The Morgan fingerprint density at radius 2 is 1.35 bits per heavy atom. The van der Waals surface area contributed by atoms with Crippen molar-refractivity contribution in [1.29, 1.82) is 0 Å². The standard InChI is InChI=1S/C45H48N2O6S/c1-46-20-18-30-25-39(49-4)41-26-34(30)36(46)22-28-12-15-31(16-13-28)52-40-24-29(14-17-38(40)48-3)23-37-42-33(19-21-47(37)2)35(27-54-32-10-8-7-9-11-32)43(50-5)45(51-6)44(42)53-41/h7-17,24-26,36-37H,18-23,27H2,1-6H3. The Morgan fingerprint density at radius 1 is 0.667 bits per heavy atom. The molecule has 4 aliphatic rings. The number of fused-ring (bicyclic) bond motifs is 2. The normalized spacial score (nSPS) is 18.0. The maximum Gasteiger partial charge on any atom is 0.204 e. The van der Waals surface area contributed by atoms with E-state index >= 15 is 0 Å². The number of benzene rings is 5. The molecule has 0 radical (unpaired) electrons. The molecule has 0 spiro atoms. The highest BCUT2D eigenvalue weighted by molar-refractivity contribution is 7.98. The van der Waals surface area contributed by atoms with Crippen molar-refractivity contribution in [3.8, 4) is 46.0 Å². The molecule has 54 heavy (non-hydrogen) atoms. The fourth-order valence-electron chi connectivity index (χ4n) is 8.33. The topological polar surface area (TPSA) is 61.9 Å². The lowest BCUT2D eigenvalue weighted by molar-refractivity contribution is 0.219. The summed E-state index contributed by atoms with van der Waals surface area (Å²) in [5.74, 6) is 6.18. The molecule has 5 aromatic rings. The lowest BCUT2D eigenvalue weighted by Gasteiger charge is -2.38. The van der Waals surface area contributed by atoms with Crippen molar-refractivity contribution in [2.24, 2.45) is 0 Å². The average molecular weight is 745 g/mol. The molecule has 9 rings (SSSR count). The van der Waals surface area contributed by atoms with E-state index in [9.17, 15) is 0 Å². The van der Waals surface area contributed by atoms with Crippen LogP contribution in [0, 0.1) is 0 Å². The van der Waals surface area contributed by atoms with Gasteiger partial charge < -0.3 is 28.4 Å². The molecule has 9 heteroatoms. The van der Waals surface area contributed by atoms with Gasteiger partial charge in [-0.05, 0) is 116 Å². The van der Waals surface area contributed by atoms with Gasteiger partial charge in [-0.1, -0.05) is 36.4 Å². The van der Waals surface area contributed by atoms with Crippen molar-refractivity contribution in [2.45, 2.75) is 48.4 Å².